The molecule has 202 valence electrons. The van der Waals surface area contributed by atoms with Crippen LogP contribution in [0.15, 0.2) is 48.1 Å². The van der Waals surface area contributed by atoms with Crippen molar-refractivity contribution in [3.63, 3.8) is 0 Å². The van der Waals surface area contributed by atoms with E-state index < -0.39 is 24.4 Å². The quantitative estimate of drug-likeness (QED) is 0.483. The Morgan fingerprint density at radius 3 is 2.71 bits per heavy atom. The van der Waals surface area contributed by atoms with Crippen LogP contribution in [0.3, 0.4) is 0 Å². The van der Waals surface area contributed by atoms with Gasteiger partial charge in [-0.1, -0.05) is 23.2 Å². The highest BCUT2D eigenvalue weighted by Crippen LogP contribution is 2.35. The smallest absolute Gasteiger partial charge is 0.493 e. The van der Waals surface area contributed by atoms with E-state index in [-0.39, 0.29) is 11.1 Å². The zero-order valence-corrected chi connectivity index (χ0v) is 21.3. The number of aromatic nitrogens is 4. The average Bonchev–Trinajstić information content (AvgIpc) is 3.54. The summed E-state index contributed by atoms with van der Waals surface area (Å²) in [6, 6.07) is 4.38. The number of hydrazine groups is 1. The molecule has 38 heavy (non-hydrogen) atoms. The Morgan fingerprint density at radius 2 is 2.05 bits per heavy atom. The van der Waals surface area contributed by atoms with Crippen molar-refractivity contribution in [1.82, 2.24) is 34.8 Å². The van der Waals surface area contributed by atoms with Crippen molar-refractivity contribution in [2.45, 2.75) is 37.6 Å². The lowest BCUT2D eigenvalue weighted by Crippen LogP contribution is -2.48. The summed E-state index contributed by atoms with van der Waals surface area (Å²) in [5, 5.41) is 7.42. The number of fused-ring (bicyclic) bond motifs is 1. The van der Waals surface area contributed by atoms with Gasteiger partial charge in [-0.25, -0.2) is 14.8 Å². The molecule has 3 aromatic rings. The number of guanidine groups is 1. The molecule has 2 aliphatic rings. The third kappa shape index (κ3) is 5.24. The van der Waals surface area contributed by atoms with E-state index in [1.165, 1.54) is 19.6 Å². The normalized spacial score (nSPS) is 21.2. The largest absolute Gasteiger partial charge is 0.494 e. The van der Waals surface area contributed by atoms with E-state index in [2.05, 4.69) is 20.5 Å². The summed E-state index contributed by atoms with van der Waals surface area (Å²) in [5.41, 5.74) is 3.93. The van der Waals surface area contributed by atoms with Crippen molar-refractivity contribution < 1.29 is 27.5 Å². The van der Waals surface area contributed by atoms with Crippen LogP contribution in [0.5, 0.6) is 5.75 Å². The minimum absolute atomic E-state index is 0.113. The van der Waals surface area contributed by atoms with Gasteiger partial charge in [-0.05, 0) is 31.4 Å². The number of rotatable bonds is 5. The van der Waals surface area contributed by atoms with Gasteiger partial charge < -0.3 is 14.1 Å². The average molecular weight is 573 g/mol. The van der Waals surface area contributed by atoms with E-state index in [0.29, 0.717) is 35.1 Å². The summed E-state index contributed by atoms with van der Waals surface area (Å²) in [7, 11) is 1.46. The van der Waals surface area contributed by atoms with Crippen LogP contribution in [0.1, 0.15) is 25.3 Å². The number of benzene rings is 1. The van der Waals surface area contributed by atoms with Gasteiger partial charge in [-0.3, -0.25) is 10.1 Å². The number of hydroxylamine groups is 2. The minimum Gasteiger partial charge on any atom is -0.494 e. The van der Waals surface area contributed by atoms with Crippen molar-refractivity contribution in [1.29, 1.82) is 0 Å². The van der Waals surface area contributed by atoms with Gasteiger partial charge >= 0.3 is 12.1 Å². The molecule has 0 radical (unpaired) electrons. The predicted molar refractivity (Wildman–Crippen MR) is 130 cm³/mol. The van der Waals surface area contributed by atoms with E-state index in [1.54, 1.807) is 44.9 Å². The number of methoxy groups -OCH3 is 1. The van der Waals surface area contributed by atoms with Gasteiger partial charge in [0, 0.05) is 25.0 Å². The number of imidazole rings is 1. The molecule has 2 aliphatic heterocycles. The number of hydrogen-bond acceptors (Lipinski definition) is 7. The van der Waals surface area contributed by atoms with Gasteiger partial charge in [0.05, 0.1) is 35.7 Å². The minimum atomic E-state index is -5.22. The van der Waals surface area contributed by atoms with Crippen LogP contribution >= 0.6 is 23.2 Å². The SMILES string of the molecule is COc1cc(N=C2NN3CCCCC(n4cc(Cl)cn4)C3N2OC(=O)C(F)(F)F)ccc1-n1cnc(Cl)c1. The predicted octanol–water partition coefficient (Wildman–Crippen LogP) is 4.27. The summed E-state index contributed by atoms with van der Waals surface area (Å²) >= 11 is 12.0. The first-order valence-electron chi connectivity index (χ1n) is 11.4. The molecule has 16 heteroatoms. The van der Waals surface area contributed by atoms with Crippen molar-refractivity contribution in [3.05, 3.63) is 53.3 Å². The Balaban J connectivity index is 1.54. The molecular formula is C22H21Cl2F3N8O3. The number of hydrogen-bond donors (Lipinski definition) is 1. The molecule has 0 spiro atoms. The summed E-state index contributed by atoms with van der Waals surface area (Å²) in [5.74, 6) is -2.09. The Bertz CT molecular complexity index is 1360. The first-order chi connectivity index (χ1) is 18.1. The molecule has 2 unspecified atom stereocenters. The van der Waals surface area contributed by atoms with Gasteiger partial charge in [-0.15, -0.1) is 5.06 Å². The molecule has 4 heterocycles. The van der Waals surface area contributed by atoms with Crippen LogP contribution < -0.4 is 10.2 Å². The Morgan fingerprint density at radius 1 is 1.24 bits per heavy atom. The zero-order chi connectivity index (χ0) is 27.0. The molecule has 2 fully saturated rings. The number of ether oxygens (including phenoxy) is 1. The maximum Gasteiger partial charge on any atom is 0.493 e. The van der Waals surface area contributed by atoms with Gasteiger partial charge in [0.15, 0.2) is 6.17 Å². The lowest BCUT2D eigenvalue weighted by Gasteiger charge is -2.31. The Labute approximate surface area is 224 Å². The molecule has 1 aromatic carbocycles. The number of halogens is 5. The zero-order valence-electron chi connectivity index (χ0n) is 19.8. The number of alkyl halides is 3. The topological polar surface area (TPSA) is 102 Å². The van der Waals surface area contributed by atoms with Crippen LogP contribution in [0, 0.1) is 0 Å². The second-order valence-corrected chi connectivity index (χ2v) is 9.34. The fourth-order valence-corrected chi connectivity index (χ4v) is 4.70. The maximum absolute atomic E-state index is 13.2. The van der Waals surface area contributed by atoms with Crippen LogP contribution in [0.2, 0.25) is 10.2 Å². The van der Waals surface area contributed by atoms with Gasteiger partial charge in [-0.2, -0.15) is 23.3 Å². The molecule has 2 saturated heterocycles. The van der Waals surface area contributed by atoms with Crippen molar-refractivity contribution in [2.75, 3.05) is 13.7 Å². The Kier molecular flexibility index (Phi) is 7.11. The number of nitrogens with zero attached hydrogens (tertiary/aromatic N) is 7. The highest BCUT2D eigenvalue weighted by atomic mass is 35.5. The summed E-state index contributed by atoms with van der Waals surface area (Å²) in [4.78, 5) is 25.3. The van der Waals surface area contributed by atoms with Gasteiger partial charge in [0.25, 0.3) is 0 Å². The fraction of sp³-hybridized carbons (Fsp3) is 0.364. The van der Waals surface area contributed by atoms with Gasteiger partial charge in [0.1, 0.15) is 17.2 Å². The molecule has 0 saturated carbocycles. The molecular weight excluding hydrogens is 552 g/mol. The van der Waals surface area contributed by atoms with Crippen LogP contribution in [-0.4, -0.2) is 67.3 Å². The first kappa shape index (κ1) is 26.1. The van der Waals surface area contributed by atoms with E-state index in [4.69, 9.17) is 32.8 Å². The highest BCUT2D eigenvalue weighted by Gasteiger charge is 2.50. The van der Waals surface area contributed by atoms with E-state index in [9.17, 15) is 18.0 Å². The molecule has 2 aromatic heterocycles. The van der Waals surface area contributed by atoms with Crippen LogP contribution in [0.25, 0.3) is 5.69 Å². The summed E-state index contributed by atoms with van der Waals surface area (Å²) in [6.07, 6.45) is 2.04. The first-order valence-corrected chi connectivity index (χ1v) is 12.2. The summed E-state index contributed by atoms with van der Waals surface area (Å²) in [6.45, 7) is 0.457. The number of carbonyl (C=O) groups is 1. The lowest BCUT2D eigenvalue weighted by molar-refractivity contribution is -0.235. The number of aliphatic imine (C=N–C) groups is 1. The second kappa shape index (κ2) is 10.3. The highest BCUT2D eigenvalue weighted by molar-refractivity contribution is 6.30. The van der Waals surface area contributed by atoms with E-state index in [0.717, 1.165) is 17.9 Å². The van der Waals surface area contributed by atoms with Crippen molar-refractivity contribution >= 4 is 40.8 Å². The third-order valence-corrected chi connectivity index (χ3v) is 6.45. The Hall–Kier alpha value is -3.49. The molecule has 0 amide bonds. The number of carbonyl (C=O) groups excluding carboxylic acids is 1. The monoisotopic (exact) mass is 572 g/mol. The van der Waals surface area contributed by atoms with Crippen LogP contribution in [0.4, 0.5) is 18.9 Å². The molecule has 0 bridgehead atoms. The maximum atomic E-state index is 13.2. The van der Waals surface area contributed by atoms with Crippen molar-refractivity contribution in [2.24, 2.45) is 4.99 Å². The fourth-order valence-electron chi connectivity index (χ4n) is 4.41. The molecule has 5 rings (SSSR count). The second-order valence-electron chi connectivity index (χ2n) is 8.52. The molecule has 2 atom stereocenters. The van der Waals surface area contributed by atoms with E-state index in [1.807, 2.05) is 0 Å². The van der Waals surface area contributed by atoms with Crippen LogP contribution in [-0.2, 0) is 9.63 Å². The molecule has 11 nitrogen and oxygen atoms in total. The number of nitrogens with one attached hydrogen (secondary N) is 1. The molecule has 1 N–H and O–H groups in total. The molecule has 0 aliphatic carbocycles. The van der Waals surface area contributed by atoms with Gasteiger partial charge in [0.2, 0.25) is 5.96 Å². The summed E-state index contributed by atoms with van der Waals surface area (Å²) < 4.78 is 48.4. The third-order valence-electron chi connectivity index (χ3n) is 6.06. The standard InChI is InChI=1S/C22H21Cl2F3N8O3/c1-37-17-8-14(5-6-15(17)32-11-18(24)28-12-32)30-21-31-33-7-3-2-4-16(34-10-13(23)9-29-34)19(33)35(21)38-20(36)22(25,26)27/h5-6,8-12,16,19H,2-4,7H2,1H3,(H,30,31). The lowest BCUT2D eigenvalue weighted by atomic mass is 10.1. The van der Waals surface area contributed by atoms with Crippen molar-refractivity contribution in [3.8, 4) is 11.4 Å². The van der Waals surface area contributed by atoms with E-state index >= 15 is 0 Å².